The number of hydrogen-bond donors (Lipinski definition) is 0. The van der Waals surface area contributed by atoms with E-state index in [-0.39, 0.29) is 5.91 Å². The second-order valence-electron chi connectivity index (χ2n) is 8.29. The minimum absolute atomic E-state index is 0.0183. The quantitative estimate of drug-likeness (QED) is 0.257. The number of rotatable bonds is 6. The van der Waals surface area contributed by atoms with Crippen LogP contribution in [-0.2, 0) is 4.79 Å². The first-order valence-electron chi connectivity index (χ1n) is 11.7. The van der Waals surface area contributed by atoms with Crippen LogP contribution in [-0.4, -0.2) is 5.91 Å². The average molecular weight is 455 g/mol. The number of nitrogens with zero attached hydrogens (tertiary/aromatic N) is 2. The molecule has 0 N–H and O–H groups in total. The highest BCUT2D eigenvalue weighted by Gasteiger charge is 2.14. The van der Waals surface area contributed by atoms with Crippen molar-refractivity contribution in [1.82, 2.24) is 0 Å². The van der Waals surface area contributed by atoms with Gasteiger partial charge in [0.15, 0.2) is 0 Å². The fraction of sp³-hybridized carbons (Fsp3) is 0.0312. The minimum Gasteiger partial charge on any atom is -0.311 e. The number of carbonyl (C=O) groups is 1. The zero-order valence-electron chi connectivity index (χ0n) is 19.6. The predicted octanol–water partition coefficient (Wildman–Crippen LogP) is 8.51. The Labute approximate surface area is 206 Å². The molecule has 0 bridgehead atoms. The Morgan fingerprint density at radius 3 is 1.14 bits per heavy atom. The average Bonchev–Trinajstić information content (AvgIpc) is 2.92. The maximum atomic E-state index is 12.4. The van der Waals surface area contributed by atoms with E-state index in [1.807, 2.05) is 54.6 Å². The molecular weight excluding hydrogens is 428 g/mol. The van der Waals surface area contributed by atoms with Gasteiger partial charge in [0.25, 0.3) is 0 Å². The standard InChI is InChI=1S/C32H26N2O/c1-25(35)33(28-11-5-2-6-12-28)31-21-17-26(18-22-31)27-19-23-32(24-20-27)34(29-13-7-3-8-14-29)30-15-9-4-10-16-30/h2-24H,1H3. The molecule has 0 saturated heterocycles. The number of anilines is 5. The van der Waals surface area contributed by atoms with Gasteiger partial charge in [0, 0.05) is 35.4 Å². The third-order valence-corrected chi connectivity index (χ3v) is 5.94. The Hall–Kier alpha value is -4.63. The Morgan fingerprint density at radius 2 is 0.743 bits per heavy atom. The molecule has 170 valence electrons. The SMILES string of the molecule is CC(=O)N(c1ccccc1)c1ccc(-c2ccc(N(c3ccccc3)c3ccccc3)cc2)cc1. The third kappa shape index (κ3) is 4.85. The summed E-state index contributed by atoms with van der Waals surface area (Å²) < 4.78 is 0. The van der Waals surface area contributed by atoms with Crippen LogP contribution in [0.25, 0.3) is 11.1 Å². The lowest BCUT2D eigenvalue weighted by Crippen LogP contribution is -2.22. The normalized spacial score (nSPS) is 10.5. The fourth-order valence-corrected chi connectivity index (χ4v) is 4.30. The summed E-state index contributed by atoms with van der Waals surface area (Å²) in [5.74, 6) is -0.0183. The van der Waals surface area contributed by atoms with Crippen molar-refractivity contribution < 1.29 is 4.79 Å². The van der Waals surface area contributed by atoms with E-state index >= 15 is 0 Å². The van der Waals surface area contributed by atoms with Crippen LogP contribution in [0.3, 0.4) is 0 Å². The molecule has 5 rings (SSSR count). The lowest BCUT2D eigenvalue weighted by Gasteiger charge is -2.25. The van der Waals surface area contributed by atoms with Crippen LogP contribution >= 0.6 is 0 Å². The summed E-state index contributed by atoms with van der Waals surface area (Å²) in [6, 6.07) is 47.2. The molecule has 0 heterocycles. The molecule has 3 heteroatoms. The molecule has 0 spiro atoms. The van der Waals surface area contributed by atoms with Crippen LogP contribution in [0.4, 0.5) is 28.4 Å². The van der Waals surface area contributed by atoms with E-state index in [0.717, 1.165) is 39.6 Å². The Morgan fingerprint density at radius 1 is 0.429 bits per heavy atom. The molecule has 0 aliphatic carbocycles. The van der Waals surface area contributed by atoms with Crippen molar-refractivity contribution in [2.24, 2.45) is 0 Å². The van der Waals surface area contributed by atoms with Crippen molar-refractivity contribution in [1.29, 1.82) is 0 Å². The number of benzene rings is 5. The van der Waals surface area contributed by atoms with Gasteiger partial charge in [-0.3, -0.25) is 9.69 Å². The first kappa shape index (κ1) is 22.2. The molecule has 5 aromatic rings. The maximum absolute atomic E-state index is 12.4. The van der Waals surface area contributed by atoms with Crippen LogP contribution in [0.5, 0.6) is 0 Å². The van der Waals surface area contributed by atoms with Crippen molar-refractivity contribution in [3.8, 4) is 11.1 Å². The highest BCUT2D eigenvalue weighted by Crippen LogP contribution is 2.35. The molecular formula is C32H26N2O. The van der Waals surface area contributed by atoms with Gasteiger partial charge in [0.2, 0.25) is 5.91 Å². The van der Waals surface area contributed by atoms with Crippen LogP contribution in [0.2, 0.25) is 0 Å². The Bertz CT molecular complexity index is 1340. The van der Waals surface area contributed by atoms with E-state index < -0.39 is 0 Å². The molecule has 0 aliphatic rings. The van der Waals surface area contributed by atoms with E-state index in [2.05, 4.69) is 89.8 Å². The molecule has 0 radical (unpaired) electrons. The van der Waals surface area contributed by atoms with Gasteiger partial charge in [-0.1, -0.05) is 78.9 Å². The third-order valence-electron chi connectivity index (χ3n) is 5.94. The molecule has 1 amide bonds. The molecule has 0 atom stereocenters. The van der Waals surface area contributed by atoms with Gasteiger partial charge in [-0.05, 0) is 71.8 Å². The molecule has 3 nitrogen and oxygen atoms in total. The molecule has 5 aromatic carbocycles. The largest absolute Gasteiger partial charge is 0.311 e. The lowest BCUT2D eigenvalue weighted by molar-refractivity contribution is -0.115. The van der Waals surface area contributed by atoms with Crippen LogP contribution < -0.4 is 9.80 Å². The van der Waals surface area contributed by atoms with Gasteiger partial charge in [-0.15, -0.1) is 0 Å². The van der Waals surface area contributed by atoms with E-state index in [1.54, 1.807) is 11.8 Å². The van der Waals surface area contributed by atoms with E-state index in [0.29, 0.717) is 0 Å². The van der Waals surface area contributed by atoms with Gasteiger partial charge in [-0.25, -0.2) is 0 Å². The summed E-state index contributed by atoms with van der Waals surface area (Å²) >= 11 is 0. The first-order chi connectivity index (χ1) is 17.2. The smallest absolute Gasteiger partial charge is 0.228 e. The van der Waals surface area contributed by atoms with Gasteiger partial charge in [-0.2, -0.15) is 0 Å². The first-order valence-corrected chi connectivity index (χ1v) is 11.7. The summed E-state index contributed by atoms with van der Waals surface area (Å²) in [7, 11) is 0. The van der Waals surface area contributed by atoms with Gasteiger partial charge in [0.05, 0.1) is 0 Å². The van der Waals surface area contributed by atoms with Crippen molar-refractivity contribution >= 4 is 34.3 Å². The zero-order chi connectivity index (χ0) is 24.0. The summed E-state index contributed by atoms with van der Waals surface area (Å²) in [6.45, 7) is 1.59. The van der Waals surface area contributed by atoms with Crippen LogP contribution in [0.15, 0.2) is 140 Å². The van der Waals surface area contributed by atoms with Crippen molar-refractivity contribution in [3.05, 3.63) is 140 Å². The Kier molecular flexibility index (Phi) is 6.40. The van der Waals surface area contributed by atoms with E-state index in [4.69, 9.17) is 0 Å². The highest BCUT2D eigenvalue weighted by atomic mass is 16.2. The highest BCUT2D eigenvalue weighted by molar-refractivity contribution is 5.99. The van der Waals surface area contributed by atoms with Gasteiger partial charge in [0.1, 0.15) is 0 Å². The number of carbonyl (C=O) groups excluding carboxylic acids is 1. The molecule has 0 aliphatic heterocycles. The monoisotopic (exact) mass is 454 g/mol. The van der Waals surface area contributed by atoms with Crippen LogP contribution in [0.1, 0.15) is 6.92 Å². The second-order valence-corrected chi connectivity index (χ2v) is 8.29. The van der Waals surface area contributed by atoms with Crippen molar-refractivity contribution in [3.63, 3.8) is 0 Å². The number of para-hydroxylation sites is 3. The topological polar surface area (TPSA) is 23.6 Å². The van der Waals surface area contributed by atoms with Crippen molar-refractivity contribution in [2.75, 3.05) is 9.80 Å². The van der Waals surface area contributed by atoms with E-state index in [9.17, 15) is 4.79 Å². The van der Waals surface area contributed by atoms with Gasteiger partial charge >= 0.3 is 0 Å². The number of hydrogen-bond acceptors (Lipinski definition) is 2. The molecule has 0 fully saturated rings. The van der Waals surface area contributed by atoms with Crippen molar-refractivity contribution in [2.45, 2.75) is 6.92 Å². The molecule has 0 unspecified atom stereocenters. The summed E-state index contributed by atoms with van der Waals surface area (Å²) in [4.78, 5) is 16.3. The maximum Gasteiger partial charge on any atom is 0.228 e. The number of amides is 1. The van der Waals surface area contributed by atoms with Gasteiger partial charge < -0.3 is 4.90 Å². The predicted molar refractivity (Wildman–Crippen MR) is 146 cm³/mol. The lowest BCUT2D eigenvalue weighted by atomic mass is 10.0. The fourth-order valence-electron chi connectivity index (χ4n) is 4.30. The van der Waals surface area contributed by atoms with Crippen LogP contribution in [0, 0.1) is 0 Å². The zero-order valence-corrected chi connectivity index (χ0v) is 19.6. The van der Waals surface area contributed by atoms with E-state index in [1.165, 1.54) is 0 Å². The minimum atomic E-state index is -0.0183. The Balaban J connectivity index is 1.44. The molecule has 0 saturated carbocycles. The summed E-state index contributed by atoms with van der Waals surface area (Å²) in [5.41, 5.74) is 7.25. The molecule has 0 aromatic heterocycles. The summed E-state index contributed by atoms with van der Waals surface area (Å²) in [6.07, 6.45) is 0. The molecule has 35 heavy (non-hydrogen) atoms. The second kappa shape index (κ2) is 10.1. The summed E-state index contributed by atoms with van der Waals surface area (Å²) in [5, 5.41) is 0.